The molecule has 2 nitrogen and oxygen atoms in total. The molecule has 2 aliphatic rings. The lowest BCUT2D eigenvalue weighted by atomic mass is 9.81. The fourth-order valence-electron chi connectivity index (χ4n) is 4.07. The first-order chi connectivity index (χ1) is 8.36. The maximum atomic E-state index is 9.34. The standard InChI is InChI=1S/C15H29NO/c1-2-13-7-3-6-10-15(13)16(11-12-17)14-8-4-5-9-14/h13-15,17H,2-12H2,1H3. The SMILES string of the molecule is CCC1CCCCC1N(CCO)C1CCCC1. The molecule has 17 heavy (non-hydrogen) atoms. The van der Waals surface area contributed by atoms with Gasteiger partial charge in [0, 0.05) is 18.6 Å². The molecule has 2 rings (SSSR count). The molecule has 0 aliphatic heterocycles. The maximum absolute atomic E-state index is 9.34. The summed E-state index contributed by atoms with van der Waals surface area (Å²) < 4.78 is 0. The van der Waals surface area contributed by atoms with E-state index in [1.807, 2.05) is 0 Å². The summed E-state index contributed by atoms with van der Waals surface area (Å²) in [6.45, 7) is 3.59. The van der Waals surface area contributed by atoms with Crippen molar-refractivity contribution >= 4 is 0 Å². The van der Waals surface area contributed by atoms with Crippen LogP contribution in [-0.4, -0.2) is 35.2 Å². The highest BCUT2D eigenvalue weighted by molar-refractivity contribution is 4.88. The van der Waals surface area contributed by atoms with Crippen molar-refractivity contribution in [1.29, 1.82) is 0 Å². The summed E-state index contributed by atoms with van der Waals surface area (Å²) in [4.78, 5) is 2.68. The zero-order valence-corrected chi connectivity index (χ0v) is 11.4. The fourth-order valence-corrected chi connectivity index (χ4v) is 4.07. The summed E-state index contributed by atoms with van der Waals surface area (Å²) in [6, 6.07) is 1.54. The van der Waals surface area contributed by atoms with Crippen LogP contribution in [0.3, 0.4) is 0 Å². The van der Waals surface area contributed by atoms with Crippen molar-refractivity contribution in [3.05, 3.63) is 0 Å². The van der Waals surface area contributed by atoms with Gasteiger partial charge in [-0.25, -0.2) is 0 Å². The third-order valence-corrected chi connectivity index (χ3v) is 4.97. The molecule has 0 heterocycles. The Morgan fingerprint density at radius 1 is 1.00 bits per heavy atom. The van der Waals surface area contributed by atoms with Crippen molar-refractivity contribution in [2.75, 3.05) is 13.2 Å². The van der Waals surface area contributed by atoms with Gasteiger partial charge in [0.05, 0.1) is 6.61 Å². The van der Waals surface area contributed by atoms with E-state index in [1.54, 1.807) is 0 Å². The summed E-state index contributed by atoms with van der Waals surface area (Å²) in [5.74, 6) is 0.885. The van der Waals surface area contributed by atoms with Gasteiger partial charge in [-0.2, -0.15) is 0 Å². The van der Waals surface area contributed by atoms with E-state index in [0.29, 0.717) is 6.61 Å². The van der Waals surface area contributed by atoms with Crippen LogP contribution in [-0.2, 0) is 0 Å². The molecular weight excluding hydrogens is 210 g/mol. The smallest absolute Gasteiger partial charge is 0.0558 e. The minimum atomic E-state index is 0.337. The molecule has 2 fully saturated rings. The molecule has 2 saturated carbocycles. The molecule has 2 unspecified atom stereocenters. The Labute approximate surface area is 106 Å². The second-order valence-corrected chi connectivity index (χ2v) is 5.92. The van der Waals surface area contributed by atoms with E-state index in [4.69, 9.17) is 0 Å². The predicted molar refractivity (Wildman–Crippen MR) is 72.1 cm³/mol. The number of nitrogens with zero attached hydrogens (tertiary/aromatic N) is 1. The van der Waals surface area contributed by atoms with Crippen LogP contribution >= 0.6 is 0 Å². The van der Waals surface area contributed by atoms with Crippen LogP contribution in [0.15, 0.2) is 0 Å². The topological polar surface area (TPSA) is 23.5 Å². The van der Waals surface area contributed by atoms with E-state index in [2.05, 4.69) is 11.8 Å². The Morgan fingerprint density at radius 2 is 1.65 bits per heavy atom. The Kier molecular flexibility index (Phi) is 5.30. The monoisotopic (exact) mass is 239 g/mol. The number of aliphatic hydroxyl groups excluding tert-OH is 1. The zero-order chi connectivity index (χ0) is 12.1. The molecule has 1 N–H and O–H groups in total. The highest BCUT2D eigenvalue weighted by Gasteiger charge is 2.33. The molecule has 2 atom stereocenters. The van der Waals surface area contributed by atoms with E-state index >= 15 is 0 Å². The van der Waals surface area contributed by atoms with Crippen LogP contribution in [0.4, 0.5) is 0 Å². The molecule has 0 aromatic heterocycles. The van der Waals surface area contributed by atoms with E-state index < -0.39 is 0 Å². The lowest BCUT2D eigenvalue weighted by Gasteiger charge is -2.43. The number of aliphatic hydroxyl groups is 1. The van der Waals surface area contributed by atoms with Gasteiger partial charge in [0.25, 0.3) is 0 Å². The summed E-state index contributed by atoms with van der Waals surface area (Å²) in [5.41, 5.74) is 0. The van der Waals surface area contributed by atoms with Gasteiger partial charge in [-0.15, -0.1) is 0 Å². The van der Waals surface area contributed by atoms with Crippen molar-refractivity contribution in [3.63, 3.8) is 0 Å². The molecule has 2 heteroatoms. The van der Waals surface area contributed by atoms with Crippen LogP contribution in [0.2, 0.25) is 0 Å². The van der Waals surface area contributed by atoms with Crippen molar-refractivity contribution in [1.82, 2.24) is 4.90 Å². The molecule has 0 spiro atoms. The quantitative estimate of drug-likeness (QED) is 0.796. The van der Waals surface area contributed by atoms with Gasteiger partial charge in [-0.1, -0.05) is 39.0 Å². The van der Waals surface area contributed by atoms with E-state index in [0.717, 1.165) is 24.5 Å². The number of hydrogen-bond acceptors (Lipinski definition) is 2. The van der Waals surface area contributed by atoms with Gasteiger partial charge in [0.2, 0.25) is 0 Å². The molecule has 0 radical (unpaired) electrons. The highest BCUT2D eigenvalue weighted by atomic mass is 16.3. The first-order valence-electron chi connectivity index (χ1n) is 7.73. The minimum absolute atomic E-state index is 0.337. The van der Waals surface area contributed by atoms with Crippen molar-refractivity contribution < 1.29 is 5.11 Å². The number of hydrogen-bond donors (Lipinski definition) is 1. The Bertz CT molecular complexity index is 213. The third-order valence-electron chi connectivity index (χ3n) is 4.97. The van der Waals surface area contributed by atoms with Gasteiger partial charge in [0.1, 0.15) is 0 Å². The second kappa shape index (κ2) is 6.75. The Balaban J connectivity index is 2.01. The van der Waals surface area contributed by atoms with Crippen molar-refractivity contribution in [3.8, 4) is 0 Å². The first kappa shape index (κ1) is 13.4. The molecular formula is C15H29NO. The minimum Gasteiger partial charge on any atom is -0.395 e. The highest BCUT2D eigenvalue weighted by Crippen LogP contribution is 2.35. The van der Waals surface area contributed by atoms with Gasteiger partial charge in [-0.05, 0) is 31.6 Å². The molecule has 2 aliphatic carbocycles. The van der Waals surface area contributed by atoms with E-state index in [1.165, 1.54) is 57.8 Å². The largest absolute Gasteiger partial charge is 0.395 e. The molecule has 0 aromatic rings. The average Bonchev–Trinajstić information content (AvgIpc) is 2.89. The molecule has 100 valence electrons. The predicted octanol–water partition coefficient (Wildman–Crippen LogP) is 3.19. The Morgan fingerprint density at radius 3 is 2.29 bits per heavy atom. The molecule has 0 aromatic carbocycles. The molecule has 0 saturated heterocycles. The van der Waals surface area contributed by atoms with Gasteiger partial charge in [0.15, 0.2) is 0 Å². The van der Waals surface area contributed by atoms with Gasteiger partial charge < -0.3 is 5.11 Å². The summed E-state index contributed by atoms with van der Waals surface area (Å²) in [7, 11) is 0. The molecule has 0 amide bonds. The van der Waals surface area contributed by atoms with E-state index in [9.17, 15) is 5.11 Å². The van der Waals surface area contributed by atoms with Crippen LogP contribution in [0.25, 0.3) is 0 Å². The average molecular weight is 239 g/mol. The maximum Gasteiger partial charge on any atom is 0.0558 e. The van der Waals surface area contributed by atoms with Crippen molar-refractivity contribution in [2.45, 2.75) is 76.8 Å². The zero-order valence-electron chi connectivity index (χ0n) is 11.4. The summed E-state index contributed by atoms with van der Waals surface area (Å²) >= 11 is 0. The normalized spacial score (nSPS) is 31.2. The fraction of sp³-hybridized carbons (Fsp3) is 1.00. The summed E-state index contributed by atoms with van der Waals surface area (Å²) in [6.07, 6.45) is 12.5. The lowest BCUT2D eigenvalue weighted by Crippen LogP contribution is -2.48. The van der Waals surface area contributed by atoms with E-state index in [-0.39, 0.29) is 0 Å². The molecule has 0 bridgehead atoms. The van der Waals surface area contributed by atoms with Crippen LogP contribution in [0, 0.1) is 5.92 Å². The van der Waals surface area contributed by atoms with Crippen LogP contribution in [0.5, 0.6) is 0 Å². The van der Waals surface area contributed by atoms with Crippen LogP contribution in [0.1, 0.15) is 64.7 Å². The van der Waals surface area contributed by atoms with Gasteiger partial charge >= 0.3 is 0 Å². The van der Waals surface area contributed by atoms with Crippen molar-refractivity contribution in [2.24, 2.45) is 5.92 Å². The second-order valence-electron chi connectivity index (χ2n) is 5.92. The van der Waals surface area contributed by atoms with Gasteiger partial charge in [-0.3, -0.25) is 4.90 Å². The summed E-state index contributed by atoms with van der Waals surface area (Å²) in [5, 5.41) is 9.34. The third kappa shape index (κ3) is 3.23. The number of rotatable bonds is 5. The van der Waals surface area contributed by atoms with Crippen LogP contribution < -0.4 is 0 Å². The lowest BCUT2D eigenvalue weighted by molar-refractivity contribution is 0.0468. The Hall–Kier alpha value is -0.0800. The first-order valence-corrected chi connectivity index (χ1v) is 7.73.